The molecule has 1 aromatic carbocycles. The number of ether oxygens (including phenoxy) is 1. The van der Waals surface area contributed by atoms with Crippen molar-refractivity contribution in [2.45, 2.75) is 26.3 Å². The molecule has 0 radical (unpaired) electrons. The van der Waals surface area contributed by atoms with E-state index in [4.69, 9.17) is 4.74 Å². The van der Waals surface area contributed by atoms with Crippen molar-refractivity contribution in [3.63, 3.8) is 0 Å². The standard InChI is InChI=1S/C12H16BrNO2/c1-12(2,3)14(4)11(15)16-10-7-5-6-9(13)8-10/h5-8H,1-4H3. The molecule has 1 rings (SSSR count). The van der Waals surface area contributed by atoms with E-state index in [1.807, 2.05) is 32.9 Å². The molecule has 0 fully saturated rings. The van der Waals surface area contributed by atoms with Crippen molar-refractivity contribution in [3.8, 4) is 5.75 Å². The van der Waals surface area contributed by atoms with E-state index in [9.17, 15) is 4.79 Å². The van der Waals surface area contributed by atoms with Gasteiger partial charge in [-0.3, -0.25) is 0 Å². The van der Waals surface area contributed by atoms with Crippen molar-refractivity contribution in [1.82, 2.24) is 4.90 Å². The highest BCUT2D eigenvalue weighted by molar-refractivity contribution is 9.10. The van der Waals surface area contributed by atoms with Crippen LogP contribution in [0.4, 0.5) is 4.79 Å². The number of rotatable bonds is 1. The van der Waals surface area contributed by atoms with Crippen LogP contribution in [0.25, 0.3) is 0 Å². The number of carbonyl (C=O) groups excluding carboxylic acids is 1. The molecule has 1 amide bonds. The smallest absolute Gasteiger partial charge is 0.410 e. The molecule has 4 heteroatoms. The third kappa shape index (κ3) is 3.52. The van der Waals surface area contributed by atoms with E-state index in [0.29, 0.717) is 5.75 Å². The van der Waals surface area contributed by atoms with Crippen molar-refractivity contribution in [1.29, 1.82) is 0 Å². The van der Waals surface area contributed by atoms with Crippen LogP contribution < -0.4 is 4.74 Å². The Morgan fingerprint density at radius 1 is 1.38 bits per heavy atom. The second-order valence-corrected chi connectivity index (χ2v) is 5.47. The van der Waals surface area contributed by atoms with E-state index < -0.39 is 0 Å². The van der Waals surface area contributed by atoms with E-state index in [-0.39, 0.29) is 11.6 Å². The van der Waals surface area contributed by atoms with Gasteiger partial charge in [0.2, 0.25) is 0 Å². The van der Waals surface area contributed by atoms with Crippen LogP contribution in [0.15, 0.2) is 28.7 Å². The fourth-order valence-electron chi connectivity index (χ4n) is 0.974. The normalized spacial score (nSPS) is 11.1. The van der Waals surface area contributed by atoms with Gasteiger partial charge in [0.25, 0.3) is 0 Å². The molecule has 0 aliphatic heterocycles. The number of halogens is 1. The topological polar surface area (TPSA) is 29.5 Å². The fraction of sp³-hybridized carbons (Fsp3) is 0.417. The lowest BCUT2D eigenvalue weighted by Gasteiger charge is -2.30. The zero-order valence-electron chi connectivity index (χ0n) is 9.95. The zero-order valence-corrected chi connectivity index (χ0v) is 11.5. The van der Waals surface area contributed by atoms with Crippen LogP contribution >= 0.6 is 15.9 Å². The van der Waals surface area contributed by atoms with Gasteiger partial charge in [-0.2, -0.15) is 0 Å². The third-order valence-electron chi connectivity index (χ3n) is 2.28. The van der Waals surface area contributed by atoms with E-state index in [0.717, 1.165) is 4.47 Å². The van der Waals surface area contributed by atoms with Crippen LogP contribution in [-0.2, 0) is 0 Å². The Morgan fingerprint density at radius 2 is 2.00 bits per heavy atom. The Bertz CT molecular complexity index is 385. The average Bonchev–Trinajstić information content (AvgIpc) is 2.15. The lowest BCUT2D eigenvalue weighted by molar-refractivity contribution is 0.124. The van der Waals surface area contributed by atoms with E-state index in [1.54, 1.807) is 24.1 Å². The number of hydrogen-bond donors (Lipinski definition) is 0. The summed E-state index contributed by atoms with van der Waals surface area (Å²) in [5.41, 5.74) is -0.247. The number of carbonyl (C=O) groups is 1. The first kappa shape index (κ1) is 13.0. The van der Waals surface area contributed by atoms with Gasteiger partial charge < -0.3 is 9.64 Å². The van der Waals surface area contributed by atoms with E-state index in [1.165, 1.54) is 0 Å². The summed E-state index contributed by atoms with van der Waals surface area (Å²) in [6, 6.07) is 7.21. The van der Waals surface area contributed by atoms with Gasteiger partial charge in [-0.15, -0.1) is 0 Å². The fourth-order valence-corrected chi connectivity index (χ4v) is 1.35. The molecule has 0 aliphatic rings. The molecule has 0 heterocycles. The van der Waals surface area contributed by atoms with Crippen molar-refractivity contribution in [2.24, 2.45) is 0 Å². The molecular weight excluding hydrogens is 270 g/mol. The molecular formula is C12H16BrNO2. The first-order valence-electron chi connectivity index (χ1n) is 5.02. The largest absolute Gasteiger partial charge is 0.415 e. The van der Waals surface area contributed by atoms with Crippen LogP contribution in [-0.4, -0.2) is 23.6 Å². The second-order valence-electron chi connectivity index (χ2n) is 4.56. The van der Waals surface area contributed by atoms with Gasteiger partial charge in [-0.25, -0.2) is 4.79 Å². The molecule has 0 spiro atoms. The van der Waals surface area contributed by atoms with Crippen LogP contribution in [0, 0.1) is 0 Å². The number of amides is 1. The van der Waals surface area contributed by atoms with E-state index in [2.05, 4.69) is 15.9 Å². The Kier molecular flexibility index (Phi) is 3.97. The molecule has 1 aromatic rings. The summed E-state index contributed by atoms with van der Waals surface area (Å²) in [5, 5.41) is 0. The maximum absolute atomic E-state index is 11.8. The van der Waals surface area contributed by atoms with Crippen molar-refractivity contribution < 1.29 is 9.53 Å². The summed E-state index contributed by atoms with van der Waals surface area (Å²) in [5.74, 6) is 0.537. The first-order chi connectivity index (χ1) is 7.30. The SMILES string of the molecule is CN(C(=O)Oc1cccc(Br)c1)C(C)(C)C. The Hall–Kier alpha value is -1.03. The summed E-state index contributed by atoms with van der Waals surface area (Å²) < 4.78 is 6.13. The third-order valence-corrected chi connectivity index (χ3v) is 2.77. The van der Waals surface area contributed by atoms with Crippen LogP contribution in [0.1, 0.15) is 20.8 Å². The van der Waals surface area contributed by atoms with Crippen LogP contribution in [0.2, 0.25) is 0 Å². The predicted octanol–water partition coefficient (Wildman–Crippen LogP) is 3.68. The van der Waals surface area contributed by atoms with Crippen LogP contribution in [0.3, 0.4) is 0 Å². The first-order valence-corrected chi connectivity index (χ1v) is 5.81. The van der Waals surface area contributed by atoms with Gasteiger partial charge in [0.15, 0.2) is 0 Å². The molecule has 88 valence electrons. The summed E-state index contributed by atoms with van der Waals surface area (Å²) in [7, 11) is 1.72. The summed E-state index contributed by atoms with van der Waals surface area (Å²) in [6.45, 7) is 5.86. The van der Waals surface area contributed by atoms with E-state index >= 15 is 0 Å². The average molecular weight is 286 g/mol. The molecule has 0 aromatic heterocycles. The van der Waals surface area contributed by atoms with Crippen molar-refractivity contribution in [2.75, 3.05) is 7.05 Å². The van der Waals surface area contributed by atoms with Gasteiger partial charge in [0, 0.05) is 17.1 Å². The molecule has 3 nitrogen and oxygen atoms in total. The minimum absolute atomic E-state index is 0.247. The predicted molar refractivity (Wildman–Crippen MR) is 67.7 cm³/mol. The summed E-state index contributed by atoms with van der Waals surface area (Å²) in [4.78, 5) is 13.3. The highest BCUT2D eigenvalue weighted by atomic mass is 79.9. The highest BCUT2D eigenvalue weighted by Crippen LogP contribution is 2.19. The lowest BCUT2D eigenvalue weighted by atomic mass is 10.1. The molecule has 0 N–H and O–H groups in total. The van der Waals surface area contributed by atoms with Crippen LogP contribution in [0.5, 0.6) is 5.75 Å². The van der Waals surface area contributed by atoms with Crippen molar-refractivity contribution in [3.05, 3.63) is 28.7 Å². The molecule has 0 saturated heterocycles. The van der Waals surface area contributed by atoms with Gasteiger partial charge in [0.1, 0.15) is 5.75 Å². The zero-order chi connectivity index (χ0) is 12.3. The van der Waals surface area contributed by atoms with Gasteiger partial charge >= 0.3 is 6.09 Å². The van der Waals surface area contributed by atoms with Gasteiger partial charge in [-0.05, 0) is 39.0 Å². The Morgan fingerprint density at radius 3 is 2.50 bits per heavy atom. The lowest BCUT2D eigenvalue weighted by Crippen LogP contribution is -2.44. The number of nitrogens with zero attached hydrogens (tertiary/aromatic N) is 1. The number of benzene rings is 1. The monoisotopic (exact) mass is 285 g/mol. The van der Waals surface area contributed by atoms with Gasteiger partial charge in [-0.1, -0.05) is 22.0 Å². The quantitative estimate of drug-likeness (QED) is 0.788. The summed E-state index contributed by atoms with van der Waals surface area (Å²) in [6.07, 6.45) is -0.356. The maximum Gasteiger partial charge on any atom is 0.415 e. The summed E-state index contributed by atoms with van der Waals surface area (Å²) >= 11 is 3.32. The van der Waals surface area contributed by atoms with Gasteiger partial charge in [0.05, 0.1) is 0 Å². The molecule has 0 aliphatic carbocycles. The molecule has 0 unspecified atom stereocenters. The molecule has 0 saturated carbocycles. The molecule has 0 bridgehead atoms. The Balaban J connectivity index is 2.72. The highest BCUT2D eigenvalue weighted by Gasteiger charge is 2.23. The second kappa shape index (κ2) is 4.87. The number of hydrogen-bond acceptors (Lipinski definition) is 2. The minimum Gasteiger partial charge on any atom is -0.410 e. The molecule has 16 heavy (non-hydrogen) atoms. The maximum atomic E-state index is 11.8. The molecule has 0 atom stereocenters. The Labute approximate surface area is 105 Å². The van der Waals surface area contributed by atoms with Crippen molar-refractivity contribution >= 4 is 22.0 Å². The minimum atomic E-state index is -0.356.